The highest BCUT2D eigenvalue weighted by molar-refractivity contribution is 7.98. The molecule has 0 saturated heterocycles. The maximum atomic E-state index is 13.7. The van der Waals surface area contributed by atoms with Gasteiger partial charge in [0.2, 0.25) is 0 Å². The molecule has 0 bridgehead atoms. The van der Waals surface area contributed by atoms with Crippen LogP contribution >= 0.6 is 11.8 Å². The zero-order valence-electron chi connectivity index (χ0n) is 12.3. The summed E-state index contributed by atoms with van der Waals surface area (Å²) >= 11 is 1.54. The van der Waals surface area contributed by atoms with Gasteiger partial charge in [0.05, 0.1) is 11.3 Å². The fraction of sp³-hybridized carbons (Fsp3) is 0.235. The molecule has 0 amide bonds. The van der Waals surface area contributed by atoms with E-state index in [1.54, 1.807) is 13.0 Å². The molecule has 1 atom stereocenters. The second kappa shape index (κ2) is 6.64. The Morgan fingerprint density at radius 3 is 2.67 bits per heavy atom. The van der Waals surface area contributed by atoms with Crippen molar-refractivity contribution in [3.63, 3.8) is 0 Å². The Balaban J connectivity index is 2.29. The van der Waals surface area contributed by atoms with Crippen LogP contribution in [-0.4, -0.2) is 6.26 Å². The van der Waals surface area contributed by atoms with Gasteiger partial charge in [-0.3, -0.25) is 0 Å². The summed E-state index contributed by atoms with van der Waals surface area (Å²) in [5.41, 5.74) is 2.90. The molecule has 0 radical (unpaired) electrons. The third-order valence-corrected chi connectivity index (χ3v) is 4.21. The number of rotatable bonds is 4. The number of nitrogens with one attached hydrogen (secondary N) is 1. The van der Waals surface area contributed by atoms with Gasteiger partial charge in [-0.2, -0.15) is 5.26 Å². The molecule has 21 heavy (non-hydrogen) atoms. The molecular weight excluding hydrogens is 283 g/mol. The van der Waals surface area contributed by atoms with Gasteiger partial charge in [0.25, 0.3) is 0 Å². The van der Waals surface area contributed by atoms with Crippen molar-refractivity contribution in [3.05, 3.63) is 58.9 Å². The van der Waals surface area contributed by atoms with Crippen LogP contribution in [0.2, 0.25) is 0 Å². The van der Waals surface area contributed by atoms with Crippen molar-refractivity contribution in [1.29, 1.82) is 5.26 Å². The SMILES string of the molecule is CSc1cccc(NC(C)c2ccc(C)c(F)c2)c1C#N. The first-order chi connectivity index (χ1) is 10.1. The molecule has 2 aromatic rings. The molecule has 0 spiro atoms. The second-order valence-corrected chi connectivity index (χ2v) is 5.72. The van der Waals surface area contributed by atoms with Crippen molar-refractivity contribution in [2.24, 2.45) is 0 Å². The van der Waals surface area contributed by atoms with Crippen molar-refractivity contribution in [2.45, 2.75) is 24.8 Å². The van der Waals surface area contributed by atoms with Gasteiger partial charge >= 0.3 is 0 Å². The Bertz CT molecular complexity index is 692. The normalized spacial score (nSPS) is 11.8. The Hall–Kier alpha value is -1.99. The van der Waals surface area contributed by atoms with Crippen LogP contribution < -0.4 is 5.32 Å². The molecule has 0 aliphatic carbocycles. The summed E-state index contributed by atoms with van der Waals surface area (Å²) in [5, 5.41) is 12.6. The molecule has 1 unspecified atom stereocenters. The highest BCUT2D eigenvalue weighted by Gasteiger charge is 2.12. The van der Waals surface area contributed by atoms with E-state index in [0.717, 1.165) is 16.1 Å². The van der Waals surface area contributed by atoms with E-state index < -0.39 is 0 Å². The van der Waals surface area contributed by atoms with Crippen molar-refractivity contribution < 1.29 is 4.39 Å². The lowest BCUT2D eigenvalue weighted by atomic mass is 10.0. The minimum Gasteiger partial charge on any atom is -0.377 e. The van der Waals surface area contributed by atoms with Crippen LogP contribution in [0.15, 0.2) is 41.3 Å². The first-order valence-corrected chi connectivity index (χ1v) is 7.89. The maximum Gasteiger partial charge on any atom is 0.126 e. The number of halogens is 1. The number of anilines is 1. The average Bonchev–Trinajstić information content (AvgIpc) is 2.49. The maximum absolute atomic E-state index is 13.7. The van der Waals surface area contributed by atoms with Crippen molar-refractivity contribution >= 4 is 17.4 Å². The van der Waals surface area contributed by atoms with Gasteiger partial charge in [0, 0.05) is 10.9 Å². The number of hydrogen-bond acceptors (Lipinski definition) is 3. The van der Waals surface area contributed by atoms with E-state index >= 15 is 0 Å². The number of thioether (sulfide) groups is 1. The van der Waals surface area contributed by atoms with E-state index in [4.69, 9.17) is 0 Å². The first-order valence-electron chi connectivity index (χ1n) is 6.66. The number of aryl methyl sites for hydroxylation is 1. The van der Waals surface area contributed by atoms with Gasteiger partial charge in [-0.05, 0) is 49.4 Å². The van der Waals surface area contributed by atoms with Crippen LogP contribution in [-0.2, 0) is 0 Å². The lowest BCUT2D eigenvalue weighted by Gasteiger charge is -2.18. The highest BCUT2D eigenvalue weighted by atomic mass is 32.2. The Labute approximate surface area is 129 Å². The van der Waals surface area contributed by atoms with Crippen LogP contribution in [0.25, 0.3) is 0 Å². The van der Waals surface area contributed by atoms with Gasteiger partial charge < -0.3 is 5.32 Å². The summed E-state index contributed by atoms with van der Waals surface area (Å²) in [7, 11) is 0. The van der Waals surface area contributed by atoms with Gasteiger partial charge in [0.15, 0.2) is 0 Å². The lowest BCUT2D eigenvalue weighted by Crippen LogP contribution is -2.08. The fourth-order valence-electron chi connectivity index (χ4n) is 2.13. The monoisotopic (exact) mass is 300 g/mol. The highest BCUT2D eigenvalue weighted by Crippen LogP contribution is 2.29. The summed E-state index contributed by atoms with van der Waals surface area (Å²) in [4.78, 5) is 0.935. The van der Waals surface area contributed by atoms with Crippen molar-refractivity contribution in [2.75, 3.05) is 11.6 Å². The molecule has 0 aliphatic heterocycles. The molecule has 2 rings (SSSR count). The molecule has 0 saturated carbocycles. The lowest BCUT2D eigenvalue weighted by molar-refractivity contribution is 0.614. The van der Waals surface area contributed by atoms with E-state index in [0.29, 0.717) is 11.1 Å². The zero-order chi connectivity index (χ0) is 15.4. The summed E-state index contributed by atoms with van der Waals surface area (Å²) in [6, 6.07) is 13.1. The molecule has 1 N–H and O–H groups in total. The molecular formula is C17H17FN2S. The van der Waals surface area contributed by atoms with Crippen LogP contribution in [0.4, 0.5) is 10.1 Å². The van der Waals surface area contributed by atoms with Crippen molar-refractivity contribution in [3.8, 4) is 6.07 Å². The quantitative estimate of drug-likeness (QED) is 0.816. The first kappa shape index (κ1) is 15.4. The van der Waals surface area contributed by atoms with Gasteiger partial charge in [-0.25, -0.2) is 4.39 Å². The summed E-state index contributed by atoms with van der Waals surface area (Å²) in [5.74, 6) is -0.209. The van der Waals surface area contributed by atoms with E-state index in [1.807, 2.05) is 37.4 Å². The summed E-state index contributed by atoms with van der Waals surface area (Å²) in [6.45, 7) is 3.70. The zero-order valence-corrected chi connectivity index (χ0v) is 13.1. The van der Waals surface area contributed by atoms with Gasteiger partial charge in [-0.1, -0.05) is 18.2 Å². The summed E-state index contributed by atoms with van der Waals surface area (Å²) in [6.07, 6.45) is 1.94. The van der Waals surface area contributed by atoms with E-state index in [9.17, 15) is 9.65 Å². The molecule has 108 valence electrons. The minimum atomic E-state index is -0.209. The molecule has 4 heteroatoms. The topological polar surface area (TPSA) is 35.8 Å². The third kappa shape index (κ3) is 3.37. The number of nitrogens with zero attached hydrogens (tertiary/aromatic N) is 1. The largest absolute Gasteiger partial charge is 0.377 e. The predicted molar refractivity (Wildman–Crippen MR) is 86.1 cm³/mol. The Morgan fingerprint density at radius 1 is 1.29 bits per heavy atom. The minimum absolute atomic E-state index is 0.0793. The van der Waals surface area contributed by atoms with Crippen LogP contribution in [0, 0.1) is 24.1 Å². The molecule has 0 aliphatic rings. The molecule has 0 fully saturated rings. The van der Waals surface area contributed by atoms with E-state index in [2.05, 4.69) is 11.4 Å². The second-order valence-electron chi connectivity index (χ2n) is 4.87. The molecule has 2 nitrogen and oxygen atoms in total. The van der Waals surface area contributed by atoms with Gasteiger partial charge in [0.1, 0.15) is 11.9 Å². The van der Waals surface area contributed by atoms with Crippen LogP contribution in [0.1, 0.15) is 29.7 Å². The molecule has 0 aromatic heterocycles. The van der Waals surface area contributed by atoms with E-state index in [1.165, 1.54) is 17.8 Å². The Kier molecular flexibility index (Phi) is 4.87. The van der Waals surface area contributed by atoms with Crippen LogP contribution in [0.3, 0.4) is 0 Å². The van der Waals surface area contributed by atoms with Crippen molar-refractivity contribution in [1.82, 2.24) is 0 Å². The van der Waals surface area contributed by atoms with E-state index in [-0.39, 0.29) is 11.9 Å². The average molecular weight is 300 g/mol. The molecule has 2 aromatic carbocycles. The molecule has 0 heterocycles. The van der Waals surface area contributed by atoms with Gasteiger partial charge in [-0.15, -0.1) is 11.8 Å². The number of benzene rings is 2. The predicted octanol–water partition coefficient (Wildman–Crippen LogP) is 4.90. The number of hydrogen-bond donors (Lipinski definition) is 1. The fourth-order valence-corrected chi connectivity index (χ4v) is 2.71. The smallest absolute Gasteiger partial charge is 0.126 e. The third-order valence-electron chi connectivity index (χ3n) is 3.43. The Morgan fingerprint density at radius 2 is 2.05 bits per heavy atom. The summed E-state index contributed by atoms with van der Waals surface area (Å²) < 4.78 is 13.7. The number of nitriles is 1. The standard InChI is InChI=1S/C17H17FN2S/c1-11-7-8-13(9-15(11)18)12(2)20-16-5-4-6-17(21-3)14(16)10-19/h4-9,12,20H,1-3H3. The van der Waals surface area contributed by atoms with Crippen LogP contribution in [0.5, 0.6) is 0 Å².